The maximum atomic E-state index is 12.1. The van der Waals surface area contributed by atoms with Crippen molar-refractivity contribution in [3.05, 3.63) is 59.1 Å². The van der Waals surface area contributed by atoms with Crippen LogP contribution >= 0.6 is 11.6 Å². The highest BCUT2D eigenvalue weighted by molar-refractivity contribution is 7.85. The van der Waals surface area contributed by atoms with Gasteiger partial charge in [-0.1, -0.05) is 29.8 Å². The van der Waals surface area contributed by atoms with Gasteiger partial charge in [-0.3, -0.25) is 9.00 Å². The summed E-state index contributed by atoms with van der Waals surface area (Å²) in [6, 6.07) is 13.7. The first-order valence-corrected chi connectivity index (χ1v) is 7.61. The Morgan fingerprint density at radius 1 is 1.20 bits per heavy atom. The van der Waals surface area contributed by atoms with Crippen LogP contribution in [0.25, 0.3) is 0 Å². The Balaban J connectivity index is 2.13. The Kier molecular flexibility index (Phi) is 4.93. The van der Waals surface area contributed by atoms with Crippen LogP contribution in [0.3, 0.4) is 0 Å². The van der Waals surface area contributed by atoms with Crippen LogP contribution in [0.1, 0.15) is 10.4 Å². The summed E-state index contributed by atoms with van der Waals surface area (Å²) >= 11 is 5.97. The van der Waals surface area contributed by atoms with Crippen molar-refractivity contribution in [1.29, 1.82) is 0 Å². The van der Waals surface area contributed by atoms with Crippen LogP contribution in [0, 0.1) is 0 Å². The highest BCUT2D eigenvalue weighted by atomic mass is 35.5. The van der Waals surface area contributed by atoms with Crippen LogP contribution in [-0.2, 0) is 10.8 Å². The number of ether oxygens (including phenoxy) is 1. The van der Waals surface area contributed by atoms with Gasteiger partial charge >= 0.3 is 0 Å². The van der Waals surface area contributed by atoms with Gasteiger partial charge in [0.05, 0.1) is 28.7 Å². The molecule has 0 saturated heterocycles. The molecule has 0 heterocycles. The number of hydrogen-bond acceptors (Lipinski definition) is 3. The predicted octanol–water partition coefficient (Wildman–Crippen LogP) is 3.34. The quantitative estimate of drug-likeness (QED) is 0.796. The lowest BCUT2D eigenvalue weighted by Crippen LogP contribution is -2.11. The molecular formula is C15H13ClO3S. The molecule has 1 atom stereocenters. The first-order valence-electron chi connectivity index (χ1n) is 5.92. The summed E-state index contributed by atoms with van der Waals surface area (Å²) in [5, 5.41) is 0.365. The van der Waals surface area contributed by atoms with Gasteiger partial charge in [-0.15, -0.1) is 0 Å². The molecule has 2 aromatic carbocycles. The average Bonchev–Trinajstić information content (AvgIpc) is 2.48. The van der Waals surface area contributed by atoms with E-state index in [1.165, 1.54) is 13.2 Å². The molecule has 3 nitrogen and oxygen atoms in total. The molecule has 5 heteroatoms. The minimum atomic E-state index is -1.35. The summed E-state index contributed by atoms with van der Waals surface area (Å²) in [5.41, 5.74) is 0.431. The Labute approximate surface area is 125 Å². The molecule has 20 heavy (non-hydrogen) atoms. The van der Waals surface area contributed by atoms with Gasteiger partial charge in [0, 0.05) is 10.5 Å². The average molecular weight is 309 g/mol. The monoisotopic (exact) mass is 308 g/mol. The van der Waals surface area contributed by atoms with Crippen LogP contribution in [0.15, 0.2) is 53.4 Å². The molecule has 0 radical (unpaired) electrons. The number of carbonyl (C=O) groups is 1. The maximum absolute atomic E-state index is 12.1. The van der Waals surface area contributed by atoms with Gasteiger partial charge in [0.1, 0.15) is 5.75 Å². The van der Waals surface area contributed by atoms with Crippen LogP contribution in [0.5, 0.6) is 5.75 Å². The Bertz CT molecular complexity index is 641. The van der Waals surface area contributed by atoms with Crippen LogP contribution < -0.4 is 4.74 Å². The third-order valence-electron chi connectivity index (χ3n) is 2.74. The third-order valence-corrected chi connectivity index (χ3v) is 4.36. The normalized spacial score (nSPS) is 11.9. The molecule has 0 saturated carbocycles. The number of rotatable bonds is 5. The molecule has 0 aromatic heterocycles. The van der Waals surface area contributed by atoms with Gasteiger partial charge < -0.3 is 4.74 Å². The lowest BCUT2D eigenvalue weighted by Gasteiger charge is -2.06. The maximum Gasteiger partial charge on any atom is 0.175 e. The molecule has 2 aromatic rings. The lowest BCUT2D eigenvalue weighted by molar-refractivity contribution is 0.102. The van der Waals surface area contributed by atoms with E-state index in [0.29, 0.717) is 21.2 Å². The van der Waals surface area contributed by atoms with Crippen molar-refractivity contribution in [3.63, 3.8) is 0 Å². The number of ketones is 1. The lowest BCUT2D eigenvalue weighted by atomic mass is 10.1. The predicted molar refractivity (Wildman–Crippen MR) is 80.1 cm³/mol. The fourth-order valence-electron chi connectivity index (χ4n) is 1.70. The first kappa shape index (κ1) is 14.8. The zero-order valence-corrected chi connectivity index (χ0v) is 12.4. The zero-order valence-electron chi connectivity index (χ0n) is 10.8. The molecule has 1 unspecified atom stereocenters. The Hall–Kier alpha value is -1.65. The second-order valence-electron chi connectivity index (χ2n) is 4.08. The largest absolute Gasteiger partial charge is 0.495 e. The van der Waals surface area contributed by atoms with Gasteiger partial charge in [-0.2, -0.15) is 0 Å². The van der Waals surface area contributed by atoms with E-state index in [9.17, 15) is 9.00 Å². The van der Waals surface area contributed by atoms with Crippen molar-refractivity contribution in [2.75, 3.05) is 12.9 Å². The highest BCUT2D eigenvalue weighted by Gasteiger charge is 2.13. The van der Waals surface area contributed by atoms with E-state index in [4.69, 9.17) is 16.3 Å². The second-order valence-corrected chi connectivity index (χ2v) is 5.93. The minimum absolute atomic E-state index is 0.0628. The van der Waals surface area contributed by atoms with Crippen molar-refractivity contribution < 1.29 is 13.7 Å². The molecule has 0 fully saturated rings. The number of methoxy groups -OCH3 is 1. The van der Waals surface area contributed by atoms with E-state index in [1.807, 2.05) is 6.07 Å². The summed E-state index contributed by atoms with van der Waals surface area (Å²) in [4.78, 5) is 12.7. The summed E-state index contributed by atoms with van der Waals surface area (Å²) in [6.07, 6.45) is 0. The SMILES string of the molecule is COc1ccc(C(=O)CS(=O)c2ccccc2)cc1Cl. The molecule has 0 bridgehead atoms. The van der Waals surface area contributed by atoms with Gasteiger partial charge in [0.2, 0.25) is 0 Å². The number of Topliss-reactive ketones (excluding diaryl/α,β-unsaturated/α-hetero) is 1. The summed E-state index contributed by atoms with van der Waals surface area (Å²) in [5.74, 6) is 0.233. The minimum Gasteiger partial charge on any atom is -0.495 e. The van der Waals surface area contributed by atoms with Gasteiger partial charge in [0.15, 0.2) is 5.78 Å². The number of halogens is 1. The Morgan fingerprint density at radius 3 is 2.50 bits per heavy atom. The van der Waals surface area contributed by atoms with Crippen LogP contribution in [-0.4, -0.2) is 22.9 Å². The van der Waals surface area contributed by atoms with E-state index in [2.05, 4.69) is 0 Å². The zero-order chi connectivity index (χ0) is 14.5. The van der Waals surface area contributed by atoms with E-state index in [0.717, 1.165) is 0 Å². The van der Waals surface area contributed by atoms with E-state index in [1.54, 1.807) is 36.4 Å². The highest BCUT2D eigenvalue weighted by Crippen LogP contribution is 2.25. The topological polar surface area (TPSA) is 43.4 Å². The number of hydrogen-bond donors (Lipinski definition) is 0. The number of benzene rings is 2. The molecule has 2 rings (SSSR count). The van der Waals surface area contributed by atoms with E-state index < -0.39 is 10.8 Å². The molecule has 0 aliphatic heterocycles. The summed E-state index contributed by atoms with van der Waals surface area (Å²) < 4.78 is 17.1. The van der Waals surface area contributed by atoms with Crippen LogP contribution in [0.4, 0.5) is 0 Å². The fraction of sp³-hybridized carbons (Fsp3) is 0.133. The molecule has 0 aliphatic rings. The third kappa shape index (κ3) is 3.46. The fourth-order valence-corrected chi connectivity index (χ4v) is 2.99. The van der Waals surface area contributed by atoms with Crippen molar-refractivity contribution in [1.82, 2.24) is 0 Å². The van der Waals surface area contributed by atoms with Crippen molar-refractivity contribution in [3.8, 4) is 5.75 Å². The number of carbonyl (C=O) groups excluding carboxylic acids is 1. The van der Waals surface area contributed by atoms with Crippen molar-refractivity contribution in [2.24, 2.45) is 0 Å². The van der Waals surface area contributed by atoms with Gasteiger partial charge in [-0.25, -0.2) is 0 Å². The van der Waals surface area contributed by atoms with Crippen LogP contribution in [0.2, 0.25) is 5.02 Å². The summed E-state index contributed by atoms with van der Waals surface area (Å²) in [7, 11) is 0.155. The van der Waals surface area contributed by atoms with Gasteiger partial charge in [-0.05, 0) is 30.3 Å². The molecule has 0 spiro atoms. The molecule has 104 valence electrons. The molecular weight excluding hydrogens is 296 g/mol. The van der Waals surface area contributed by atoms with Crippen molar-refractivity contribution in [2.45, 2.75) is 4.90 Å². The second kappa shape index (κ2) is 6.68. The molecule has 0 amide bonds. The first-order chi connectivity index (χ1) is 9.61. The smallest absolute Gasteiger partial charge is 0.175 e. The van der Waals surface area contributed by atoms with E-state index in [-0.39, 0.29) is 11.5 Å². The molecule has 0 aliphatic carbocycles. The standard InChI is InChI=1S/C15H13ClO3S/c1-19-15-8-7-11(9-13(15)16)14(17)10-20(18)12-5-3-2-4-6-12/h2-9H,10H2,1H3. The molecule has 0 N–H and O–H groups in total. The van der Waals surface area contributed by atoms with Gasteiger partial charge in [0.25, 0.3) is 0 Å². The summed E-state index contributed by atoms with van der Waals surface area (Å²) in [6.45, 7) is 0. The van der Waals surface area contributed by atoms with E-state index >= 15 is 0 Å². The van der Waals surface area contributed by atoms with Crippen molar-refractivity contribution >= 4 is 28.2 Å². The Morgan fingerprint density at radius 2 is 1.90 bits per heavy atom.